The Morgan fingerprint density at radius 2 is 1.80 bits per heavy atom. The van der Waals surface area contributed by atoms with Crippen molar-refractivity contribution < 1.29 is 0 Å². The van der Waals surface area contributed by atoms with E-state index in [1.165, 1.54) is 43.4 Å². The van der Waals surface area contributed by atoms with Gasteiger partial charge in [-0.05, 0) is 67.0 Å². The fourth-order valence-electron chi connectivity index (χ4n) is 4.93. The van der Waals surface area contributed by atoms with Gasteiger partial charge in [-0.2, -0.15) is 0 Å². The van der Waals surface area contributed by atoms with Crippen LogP contribution in [0.1, 0.15) is 67.2 Å². The molecule has 6 heteroatoms. The number of pyridine rings is 2. The molecule has 1 saturated heterocycles. The van der Waals surface area contributed by atoms with Crippen LogP contribution in [0.5, 0.6) is 0 Å². The number of hydrogen-bond acceptors (Lipinski definition) is 3. The summed E-state index contributed by atoms with van der Waals surface area (Å²) in [5.74, 6) is 0. The van der Waals surface area contributed by atoms with Crippen molar-refractivity contribution in [3.63, 3.8) is 0 Å². The lowest BCUT2D eigenvalue weighted by molar-refractivity contribution is 0.275. The third-order valence-corrected chi connectivity index (χ3v) is 6.74. The van der Waals surface area contributed by atoms with E-state index in [1.807, 2.05) is 24.7 Å². The van der Waals surface area contributed by atoms with Crippen LogP contribution >= 0.6 is 12.2 Å². The normalized spacial score (nSPS) is 22.3. The molecule has 2 fully saturated rings. The van der Waals surface area contributed by atoms with Crippen LogP contribution in [0.2, 0.25) is 0 Å². The van der Waals surface area contributed by atoms with Crippen molar-refractivity contribution in [3.8, 4) is 0 Å². The van der Waals surface area contributed by atoms with Gasteiger partial charge >= 0.3 is 0 Å². The summed E-state index contributed by atoms with van der Waals surface area (Å²) in [6, 6.07) is 15.4. The van der Waals surface area contributed by atoms with E-state index >= 15 is 0 Å². The smallest absolute Gasteiger partial charge is 0.170 e. The predicted molar refractivity (Wildman–Crippen MR) is 122 cm³/mol. The zero-order valence-corrected chi connectivity index (χ0v) is 17.8. The SMILES string of the molecule is S=C1N[C@H](c2ccccn2)[C@H](c2cccn2C2CCCCC2)N1Cc1ccncc1. The molecule has 1 aliphatic heterocycles. The predicted octanol–water partition coefficient (Wildman–Crippen LogP) is 4.96. The molecular weight excluding hydrogens is 390 g/mol. The van der Waals surface area contributed by atoms with Gasteiger partial charge in [-0.25, -0.2) is 0 Å². The minimum absolute atomic E-state index is 0.0257. The van der Waals surface area contributed by atoms with Crippen molar-refractivity contribution in [1.82, 2.24) is 24.8 Å². The number of hydrogen-bond donors (Lipinski definition) is 1. The quantitative estimate of drug-likeness (QED) is 0.595. The Hall–Kier alpha value is -2.73. The van der Waals surface area contributed by atoms with Crippen molar-refractivity contribution in [2.75, 3.05) is 0 Å². The lowest BCUT2D eigenvalue weighted by Crippen LogP contribution is -2.30. The molecule has 154 valence electrons. The molecule has 0 amide bonds. The summed E-state index contributed by atoms with van der Waals surface area (Å²) in [5.41, 5.74) is 3.55. The highest BCUT2D eigenvalue weighted by Crippen LogP contribution is 2.41. The minimum Gasteiger partial charge on any atom is -0.352 e. The van der Waals surface area contributed by atoms with Gasteiger partial charge in [0.05, 0.1) is 17.8 Å². The zero-order valence-electron chi connectivity index (χ0n) is 17.0. The Morgan fingerprint density at radius 3 is 2.57 bits per heavy atom. The van der Waals surface area contributed by atoms with Crippen molar-refractivity contribution >= 4 is 17.3 Å². The number of thiocarbonyl (C=S) groups is 1. The molecule has 5 nitrogen and oxygen atoms in total. The topological polar surface area (TPSA) is 46.0 Å². The molecule has 0 spiro atoms. The van der Waals surface area contributed by atoms with E-state index in [9.17, 15) is 0 Å². The molecule has 1 aliphatic carbocycles. The first-order chi connectivity index (χ1) is 14.8. The van der Waals surface area contributed by atoms with E-state index in [2.05, 4.69) is 67.3 Å². The number of aromatic nitrogens is 3. The van der Waals surface area contributed by atoms with Crippen LogP contribution in [-0.4, -0.2) is 24.5 Å². The molecule has 0 unspecified atom stereocenters. The van der Waals surface area contributed by atoms with E-state index in [0.29, 0.717) is 6.04 Å². The van der Waals surface area contributed by atoms with Crippen molar-refractivity contribution in [2.24, 2.45) is 0 Å². The van der Waals surface area contributed by atoms with Crippen LogP contribution in [0.15, 0.2) is 67.3 Å². The maximum Gasteiger partial charge on any atom is 0.170 e. The molecule has 1 saturated carbocycles. The third-order valence-electron chi connectivity index (χ3n) is 6.38. The van der Waals surface area contributed by atoms with Crippen molar-refractivity contribution in [1.29, 1.82) is 0 Å². The maximum absolute atomic E-state index is 5.83. The Morgan fingerprint density at radius 1 is 0.967 bits per heavy atom. The van der Waals surface area contributed by atoms with Crippen LogP contribution in [0.4, 0.5) is 0 Å². The Balaban J connectivity index is 1.54. The summed E-state index contributed by atoms with van der Waals surface area (Å²) >= 11 is 5.83. The molecule has 2 aliphatic rings. The van der Waals surface area contributed by atoms with Gasteiger partial charge in [-0.15, -0.1) is 0 Å². The molecular formula is C24H27N5S. The summed E-state index contributed by atoms with van der Waals surface area (Å²) in [6.07, 6.45) is 14.3. The molecule has 30 heavy (non-hydrogen) atoms. The Labute approximate surface area is 183 Å². The first-order valence-corrected chi connectivity index (χ1v) is 11.3. The second-order valence-electron chi connectivity index (χ2n) is 8.24. The molecule has 2 atom stereocenters. The van der Waals surface area contributed by atoms with E-state index < -0.39 is 0 Å². The fourth-order valence-corrected chi connectivity index (χ4v) is 5.24. The van der Waals surface area contributed by atoms with Gasteiger partial charge in [-0.3, -0.25) is 9.97 Å². The Kier molecular flexibility index (Phi) is 5.49. The summed E-state index contributed by atoms with van der Waals surface area (Å²) in [5, 5.41) is 4.36. The molecule has 0 aromatic carbocycles. The largest absolute Gasteiger partial charge is 0.352 e. The highest BCUT2D eigenvalue weighted by molar-refractivity contribution is 7.80. The van der Waals surface area contributed by atoms with Gasteiger partial charge in [0.1, 0.15) is 0 Å². The van der Waals surface area contributed by atoms with Gasteiger partial charge in [-0.1, -0.05) is 25.3 Å². The molecule has 0 bridgehead atoms. The average Bonchev–Trinajstić information content (AvgIpc) is 3.40. The standard InChI is InChI=1S/C24H27N5S/c30-24-27-22(20-9-4-5-13-26-20)23(29(24)17-18-11-14-25-15-12-18)21-10-6-16-28(21)19-7-2-1-3-8-19/h4-6,9-16,19,22-23H,1-3,7-8,17H2,(H,27,30)/t22-,23+/m1/s1. The molecule has 0 radical (unpaired) electrons. The van der Waals surface area contributed by atoms with Crippen molar-refractivity contribution in [2.45, 2.75) is 56.8 Å². The number of rotatable bonds is 5. The van der Waals surface area contributed by atoms with Gasteiger partial charge in [0.25, 0.3) is 0 Å². The molecule has 3 aromatic heterocycles. The first kappa shape index (κ1) is 19.2. The second-order valence-corrected chi connectivity index (χ2v) is 8.63. The highest BCUT2D eigenvalue weighted by atomic mass is 32.1. The zero-order chi connectivity index (χ0) is 20.3. The van der Waals surface area contributed by atoms with Crippen LogP contribution in [0.25, 0.3) is 0 Å². The van der Waals surface area contributed by atoms with E-state index in [4.69, 9.17) is 12.2 Å². The summed E-state index contributed by atoms with van der Waals surface area (Å²) in [7, 11) is 0. The van der Waals surface area contributed by atoms with Crippen LogP contribution in [0.3, 0.4) is 0 Å². The van der Waals surface area contributed by atoms with E-state index in [0.717, 1.165) is 17.4 Å². The van der Waals surface area contributed by atoms with Crippen LogP contribution in [0, 0.1) is 0 Å². The van der Waals surface area contributed by atoms with Crippen LogP contribution < -0.4 is 5.32 Å². The van der Waals surface area contributed by atoms with Gasteiger partial charge in [0.15, 0.2) is 5.11 Å². The summed E-state index contributed by atoms with van der Waals surface area (Å²) in [4.78, 5) is 11.2. The van der Waals surface area contributed by atoms with Crippen LogP contribution in [-0.2, 0) is 6.54 Å². The van der Waals surface area contributed by atoms with Crippen molar-refractivity contribution in [3.05, 3.63) is 84.2 Å². The fraction of sp³-hybridized carbons (Fsp3) is 0.375. The van der Waals surface area contributed by atoms with E-state index in [-0.39, 0.29) is 12.1 Å². The Bertz CT molecular complexity index is 981. The molecule has 3 aromatic rings. The minimum atomic E-state index is 0.0257. The monoisotopic (exact) mass is 417 g/mol. The molecule has 5 rings (SSSR count). The summed E-state index contributed by atoms with van der Waals surface area (Å²) < 4.78 is 2.51. The number of nitrogens with zero attached hydrogens (tertiary/aromatic N) is 4. The first-order valence-electron chi connectivity index (χ1n) is 10.8. The summed E-state index contributed by atoms with van der Waals surface area (Å²) in [6.45, 7) is 0.748. The van der Waals surface area contributed by atoms with Gasteiger partial charge < -0.3 is 14.8 Å². The average molecular weight is 418 g/mol. The van der Waals surface area contributed by atoms with Gasteiger partial charge in [0.2, 0.25) is 0 Å². The lowest BCUT2D eigenvalue weighted by atomic mass is 9.94. The highest BCUT2D eigenvalue weighted by Gasteiger charge is 2.41. The van der Waals surface area contributed by atoms with Gasteiger partial charge in [0, 0.05) is 43.1 Å². The molecule has 4 heterocycles. The number of nitrogens with one attached hydrogen (secondary N) is 1. The van der Waals surface area contributed by atoms with E-state index in [1.54, 1.807) is 0 Å². The molecule has 1 N–H and O–H groups in total. The third kappa shape index (κ3) is 3.72. The lowest BCUT2D eigenvalue weighted by Gasteiger charge is -2.32. The second kappa shape index (κ2) is 8.56. The maximum atomic E-state index is 5.83.